The van der Waals surface area contributed by atoms with Gasteiger partial charge in [-0.15, -0.1) is 26.4 Å². The fourth-order valence-electron chi connectivity index (χ4n) is 0.511. The smallest absolute Gasteiger partial charge is 0.0138 e. The van der Waals surface area contributed by atoms with Crippen LogP contribution in [0.25, 0.3) is 0 Å². The monoisotopic (exact) mass is 264 g/mol. The van der Waals surface area contributed by atoms with Crippen molar-refractivity contribution in [3.8, 4) is 0 Å². The van der Waals surface area contributed by atoms with E-state index in [1.165, 1.54) is 65.8 Å². The van der Waals surface area contributed by atoms with Gasteiger partial charge < -0.3 is 0 Å². The molecule has 0 aliphatic heterocycles. The Morgan fingerprint density at radius 1 is 1.18 bits per heavy atom. The highest BCUT2D eigenvalue weighted by Crippen LogP contribution is 2.54. The first-order valence-corrected chi connectivity index (χ1v) is 13.0. The molecule has 0 aromatic carbocycles. The Kier molecular flexibility index (Phi) is 15.5. The zero-order valence-corrected chi connectivity index (χ0v) is 13.1. The topological polar surface area (TPSA) is 0 Å². The van der Waals surface area contributed by atoms with Crippen LogP contribution in [0.2, 0.25) is 0 Å². The highest BCUT2D eigenvalue weighted by molar-refractivity contribution is 8.44. The molecule has 0 fully saturated rings. The molecule has 0 aromatic rings. The van der Waals surface area contributed by atoms with Gasteiger partial charge in [0.2, 0.25) is 0 Å². The lowest BCUT2D eigenvalue weighted by Gasteiger charge is -2.00. The van der Waals surface area contributed by atoms with E-state index in [0.717, 1.165) is 0 Å². The van der Waals surface area contributed by atoms with Crippen LogP contribution in [0, 0.1) is 0 Å². The molecule has 0 aliphatic carbocycles. The maximum atomic E-state index is 2.81. The Morgan fingerprint density at radius 3 is 2.64 bits per heavy atom. The van der Waals surface area contributed by atoms with Crippen molar-refractivity contribution in [3.63, 3.8) is 0 Å². The highest BCUT2D eigenvalue weighted by atomic mass is 32.4. The SMILES string of the molecule is CPCPPPCCPCP. The molecule has 0 radical (unpaired) electrons. The van der Waals surface area contributed by atoms with Crippen molar-refractivity contribution in [1.82, 2.24) is 0 Å². The van der Waals surface area contributed by atoms with Crippen molar-refractivity contribution in [2.24, 2.45) is 0 Å². The van der Waals surface area contributed by atoms with Gasteiger partial charge in [-0.2, -0.15) is 0 Å². The Bertz CT molecular complexity index is 60.0. The quantitative estimate of drug-likeness (QED) is 0.464. The van der Waals surface area contributed by atoms with Crippen LogP contribution >= 0.6 is 50.9 Å². The maximum absolute atomic E-state index is 2.81. The minimum absolute atomic E-state index is 1.19. The molecule has 0 amide bonds. The van der Waals surface area contributed by atoms with E-state index in [2.05, 4.69) is 15.9 Å². The Morgan fingerprint density at radius 2 is 2.00 bits per heavy atom. The van der Waals surface area contributed by atoms with Crippen molar-refractivity contribution >= 4 is 50.9 Å². The predicted molar refractivity (Wildman–Crippen MR) is 76.7 cm³/mol. The number of hydrogen-bond acceptors (Lipinski definition) is 0. The van der Waals surface area contributed by atoms with Gasteiger partial charge in [0.15, 0.2) is 0 Å². The van der Waals surface area contributed by atoms with Gasteiger partial charge in [-0.25, -0.2) is 0 Å². The van der Waals surface area contributed by atoms with Crippen molar-refractivity contribution in [2.45, 2.75) is 0 Å². The molecular formula is C5H18P6. The summed E-state index contributed by atoms with van der Waals surface area (Å²) in [7, 11) is 9.11. The number of hydrogen-bond donors (Lipinski definition) is 0. The molecule has 6 unspecified atom stereocenters. The van der Waals surface area contributed by atoms with Crippen LogP contribution in [0.3, 0.4) is 0 Å². The van der Waals surface area contributed by atoms with Gasteiger partial charge >= 0.3 is 0 Å². The largest absolute Gasteiger partial charge is 0.133 e. The average molecular weight is 264 g/mol. The predicted octanol–water partition coefficient (Wildman–Crippen LogP) is 3.63. The lowest BCUT2D eigenvalue weighted by molar-refractivity contribution is 1.54. The van der Waals surface area contributed by atoms with Crippen molar-refractivity contribution < 1.29 is 0 Å². The Hall–Kier alpha value is 2.58. The van der Waals surface area contributed by atoms with E-state index in [1.54, 1.807) is 0 Å². The lowest BCUT2D eigenvalue weighted by Crippen LogP contribution is -1.73. The second-order valence-electron chi connectivity index (χ2n) is 1.96. The first-order valence-electron chi connectivity index (χ1n) is 3.68. The molecule has 0 rings (SSSR count). The zero-order valence-electron chi connectivity index (χ0n) is 6.91. The second kappa shape index (κ2) is 12.6. The van der Waals surface area contributed by atoms with Gasteiger partial charge in [-0.1, -0.05) is 24.5 Å². The summed E-state index contributed by atoms with van der Waals surface area (Å²) in [6.45, 7) is 2.32. The summed E-state index contributed by atoms with van der Waals surface area (Å²) >= 11 is 0. The summed E-state index contributed by atoms with van der Waals surface area (Å²) in [6, 6.07) is 0. The molecule has 0 nitrogen and oxygen atoms in total. The zero-order chi connectivity index (χ0) is 8.36. The Labute approximate surface area is 81.9 Å². The Balaban J connectivity index is 2.69. The molecule has 6 heteroatoms. The minimum Gasteiger partial charge on any atom is -0.133 e. The van der Waals surface area contributed by atoms with Crippen LogP contribution in [0.5, 0.6) is 0 Å². The van der Waals surface area contributed by atoms with E-state index in [-0.39, 0.29) is 0 Å². The van der Waals surface area contributed by atoms with Crippen LogP contribution in [0.4, 0.5) is 0 Å². The van der Waals surface area contributed by atoms with Crippen LogP contribution in [0.15, 0.2) is 0 Å². The summed E-state index contributed by atoms with van der Waals surface area (Å²) in [5.41, 5.74) is 0. The van der Waals surface area contributed by atoms with Crippen molar-refractivity contribution in [1.29, 1.82) is 0 Å². The summed E-state index contributed by atoms with van der Waals surface area (Å²) in [4.78, 5) is 0. The van der Waals surface area contributed by atoms with Gasteiger partial charge in [0, 0.05) is 0 Å². The standard InChI is InChI=1S/C5H18P6/c1-7-5-10-11-9-3-2-8-4-6/h7-11H,2-6H2,1H3. The summed E-state index contributed by atoms with van der Waals surface area (Å²) in [5, 5.41) is 0. The van der Waals surface area contributed by atoms with E-state index in [1.807, 2.05) is 0 Å². The molecular weight excluding hydrogens is 246 g/mol. The van der Waals surface area contributed by atoms with Crippen molar-refractivity contribution in [3.05, 3.63) is 0 Å². The molecule has 0 bridgehead atoms. The van der Waals surface area contributed by atoms with Gasteiger partial charge in [-0.05, 0) is 30.8 Å². The minimum atomic E-state index is 1.19. The average Bonchev–Trinajstić information content (AvgIpc) is 2.03. The molecule has 0 heterocycles. The van der Waals surface area contributed by atoms with E-state index in [9.17, 15) is 0 Å². The third kappa shape index (κ3) is 12.6. The third-order valence-electron chi connectivity index (χ3n) is 1.01. The van der Waals surface area contributed by atoms with E-state index >= 15 is 0 Å². The van der Waals surface area contributed by atoms with Crippen LogP contribution in [-0.2, 0) is 0 Å². The van der Waals surface area contributed by atoms with Crippen molar-refractivity contribution in [2.75, 3.05) is 30.8 Å². The fourth-order valence-corrected chi connectivity index (χ4v) is 12.7. The maximum Gasteiger partial charge on any atom is -0.0138 e. The van der Waals surface area contributed by atoms with Gasteiger partial charge in [0.1, 0.15) is 0 Å². The third-order valence-corrected chi connectivity index (χ3v) is 12.8. The molecule has 6 atom stereocenters. The van der Waals surface area contributed by atoms with Gasteiger partial charge in [0.05, 0.1) is 0 Å². The molecule has 0 saturated heterocycles. The molecule has 0 aliphatic rings. The van der Waals surface area contributed by atoms with Gasteiger partial charge in [-0.3, -0.25) is 0 Å². The molecule has 0 N–H and O–H groups in total. The molecule has 68 valence electrons. The highest BCUT2D eigenvalue weighted by Gasteiger charge is 1.87. The van der Waals surface area contributed by atoms with Crippen LogP contribution < -0.4 is 0 Å². The van der Waals surface area contributed by atoms with E-state index < -0.39 is 0 Å². The summed E-state index contributed by atoms with van der Waals surface area (Å²) in [5.74, 6) is 2.84. The summed E-state index contributed by atoms with van der Waals surface area (Å²) in [6.07, 6.45) is 3.01. The molecule has 0 aromatic heterocycles. The first kappa shape index (κ1) is 13.6. The summed E-state index contributed by atoms with van der Waals surface area (Å²) < 4.78 is 0. The van der Waals surface area contributed by atoms with Gasteiger partial charge in [0.25, 0.3) is 0 Å². The second-order valence-corrected chi connectivity index (χ2v) is 13.3. The lowest BCUT2D eigenvalue weighted by atomic mass is 11.0. The first-order chi connectivity index (χ1) is 5.41. The normalized spacial score (nSPS) is 15.8. The molecule has 0 saturated carbocycles. The fraction of sp³-hybridized carbons (Fsp3) is 1.00. The molecule has 11 heavy (non-hydrogen) atoms. The van der Waals surface area contributed by atoms with Crippen LogP contribution in [0.1, 0.15) is 0 Å². The van der Waals surface area contributed by atoms with Crippen LogP contribution in [-0.4, -0.2) is 30.8 Å². The van der Waals surface area contributed by atoms with E-state index in [0.29, 0.717) is 0 Å². The number of rotatable bonds is 8. The van der Waals surface area contributed by atoms with E-state index in [4.69, 9.17) is 0 Å². The molecule has 0 spiro atoms.